The third kappa shape index (κ3) is 4.47. The first-order valence-corrected chi connectivity index (χ1v) is 9.56. The van der Waals surface area contributed by atoms with E-state index in [1.165, 1.54) is 5.56 Å². The van der Waals surface area contributed by atoms with Gasteiger partial charge in [-0.3, -0.25) is 0 Å². The van der Waals surface area contributed by atoms with Crippen molar-refractivity contribution in [2.45, 2.75) is 39.3 Å². The first-order valence-electron chi connectivity index (χ1n) is 8.68. The molecule has 1 atom stereocenters. The predicted molar refractivity (Wildman–Crippen MR) is 105 cm³/mol. The lowest BCUT2D eigenvalue weighted by Gasteiger charge is -2.12. The molecule has 25 heavy (non-hydrogen) atoms. The molecule has 0 saturated heterocycles. The number of rotatable bonds is 7. The van der Waals surface area contributed by atoms with E-state index >= 15 is 0 Å². The van der Waals surface area contributed by atoms with Gasteiger partial charge < -0.3 is 10.5 Å². The van der Waals surface area contributed by atoms with Crippen LogP contribution >= 0.6 is 11.3 Å². The molecule has 0 bridgehead atoms. The quantitative estimate of drug-likeness (QED) is 0.622. The molecule has 1 unspecified atom stereocenters. The van der Waals surface area contributed by atoms with E-state index in [2.05, 4.69) is 42.6 Å². The molecular weight excluding hydrogens is 328 g/mol. The van der Waals surface area contributed by atoms with Gasteiger partial charge in [-0.15, -0.1) is 11.3 Å². The summed E-state index contributed by atoms with van der Waals surface area (Å²) >= 11 is 1.60. The number of benzene rings is 2. The van der Waals surface area contributed by atoms with E-state index in [0.717, 1.165) is 40.4 Å². The number of aromatic nitrogens is 1. The lowest BCUT2D eigenvalue weighted by molar-refractivity contribution is 0.307. The van der Waals surface area contributed by atoms with Gasteiger partial charge in [0.2, 0.25) is 0 Å². The van der Waals surface area contributed by atoms with Gasteiger partial charge in [-0.25, -0.2) is 4.98 Å². The smallest absolute Gasteiger partial charge is 0.129 e. The van der Waals surface area contributed by atoms with E-state index in [-0.39, 0.29) is 6.04 Å². The minimum atomic E-state index is -0.0498. The van der Waals surface area contributed by atoms with Gasteiger partial charge in [0.05, 0.1) is 11.7 Å². The van der Waals surface area contributed by atoms with Crippen molar-refractivity contribution in [3.05, 3.63) is 70.0 Å². The molecule has 0 radical (unpaired) electrons. The van der Waals surface area contributed by atoms with Crippen LogP contribution < -0.4 is 10.5 Å². The van der Waals surface area contributed by atoms with Gasteiger partial charge in [0.1, 0.15) is 17.4 Å². The Balaban J connectivity index is 1.90. The monoisotopic (exact) mass is 352 g/mol. The number of ether oxygens (including phenoxy) is 1. The van der Waals surface area contributed by atoms with Crippen LogP contribution in [0.2, 0.25) is 0 Å². The van der Waals surface area contributed by atoms with E-state index in [1.807, 2.05) is 25.1 Å². The Hall–Kier alpha value is -2.17. The van der Waals surface area contributed by atoms with Crippen LogP contribution in [0.15, 0.2) is 53.9 Å². The summed E-state index contributed by atoms with van der Waals surface area (Å²) in [4.78, 5) is 4.71. The normalized spacial score (nSPS) is 12.1. The van der Waals surface area contributed by atoms with Crippen molar-refractivity contribution in [1.82, 2.24) is 4.98 Å². The highest BCUT2D eigenvalue weighted by Crippen LogP contribution is 2.33. The van der Waals surface area contributed by atoms with E-state index in [1.54, 1.807) is 11.3 Å². The van der Waals surface area contributed by atoms with Crippen LogP contribution in [-0.4, -0.2) is 4.98 Å². The minimum absolute atomic E-state index is 0.0498. The first-order chi connectivity index (χ1) is 12.2. The van der Waals surface area contributed by atoms with Crippen molar-refractivity contribution in [1.29, 1.82) is 0 Å². The lowest BCUT2D eigenvalue weighted by Crippen LogP contribution is -2.04. The van der Waals surface area contributed by atoms with E-state index in [0.29, 0.717) is 6.61 Å². The minimum Gasteiger partial charge on any atom is -0.488 e. The zero-order valence-corrected chi connectivity index (χ0v) is 15.6. The van der Waals surface area contributed by atoms with Crippen LogP contribution in [0.5, 0.6) is 5.75 Å². The molecule has 0 aliphatic carbocycles. The average molecular weight is 353 g/mol. The van der Waals surface area contributed by atoms with Crippen LogP contribution in [0.25, 0.3) is 11.3 Å². The molecule has 130 valence electrons. The number of hydrogen-bond acceptors (Lipinski definition) is 4. The summed E-state index contributed by atoms with van der Waals surface area (Å²) in [5, 5.41) is 3.02. The van der Waals surface area contributed by atoms with E-state index < -0.39 is 0 Å². The maximum absolute atomic E-state index is 6.11. The summed E-state index contributed by atoms with van der Waals surface area (Å²) in [5.74, 6) is 0.866. The Bertz CT molecular complexity index is 812. The molecule has 2 aromatic carbocycles. The first kappa shape index (κ1) is 17.6. The van der Waals surface area contributed by atoms with Crippen molar-refractivity contribution in [3.63, 3.8) is 0 Å². The number of nitrogens with two attached hydrogens (primary N) is 1. The molecule has 0 aliphatic rings. The Morgan fingerprint density at radius 1 is 1.12 bits per heavy atom. The van der Waals surface area contributed by atoms with Gasteiger partial charge in [0.25, 0.3) is 0 Å². The second-order valence-electron chi connectivity index (χ2n) is 6.21. The second kappa shape index (κ2) is 8.28. The highest BCUT2D eigenvalue weighted by molar-refractivity contribution is 7.10. The van der Waals surface area contributed by atoms with Crippen LogP contribution in [0.1, 0.15) is 42.4 Å². The molecule has 1 aromatic heterocycles. The SMILES string of the molecule is CCCc1ccc(OCc2ccccc2)c(-c2csc(C(C)N)n2)c1. The average Bonchev–Trinajstić information content (AvgIpc) is 3.12. The molecule has 0 aliphatic heterocycles. The molecule has 0 saturated carbocycles. The summed E-state index contributed by atoms with van der Waals surface area (Å²) < 4.78 is 6.11. The summed E-state index contributed by atoms with van der Waals surface area (Å²) in [7, 11) is 0. The molecule has 0 amide bonds. The van der Waals surface area contributed by atoms with Crippen LogP contribution in [0.4, 0.5) is 0 Å². The maximum Gasteiger partial charge on any atom is 0.129 e. The van der Waals surface area contributed by atoms with Gasteiger partial charge in [0.15, 0.2) is 0 Å². The lowest BCUT2D eigenvalue weighted by atomic mass is 10.0. The van der Waals surface area contributed by atoms with E-state index in [4.69, 9.17) is 15.5 Å². The fourth-order valence-corrected chi connectivity index (χ4v) is 3.48. The fraction of sp³-hybridized carbons (Fsp3) is 0.286. The molecular formula is C21H24N2OS. The molecule has 1 heterocycles. The highest BCUT2D eigenvalue weighted by atomic mass is 32.1. The van der Waals surface area contributed by atoms with Crippen molar-refractivity contribution in [2.24, 2.45) is 5.73 Å². The predicted octanol–water partition coefficient (Wildman–Crippen LogP) is 5.36. The van der Waals surface area contributed by atoms with Gasteiger partial charge in [-0.05, 0) is 36.6 Å². The Morgan fingerprint density at radius 2 is 1.92 bits per heavy atom. The zero-order chi connectivity index (χ0) is 17.6. The van der Waals surface area contributed by atoms with Crippen LogP contribution in [0, 0.1) is 0 Å². The Kier molecular flexibility index (Phi) is 5.84. The van der Waals surface area contributed by atoms with Crippen molar-refractivity contribution >= 4 is 11.3 Å². The number of hydrogen-bond donors (Lipinski definition) is 1. The van der Waals surface area contributed by atoms with Gasteiger partial charge >= 0.3 is 0 Å². The second-order valence-corrected chi connectivity index (χ2v) is 7.10. The highest BCUT2D eigenvalue weighted by Gasteiger charge is 2.13. The van der Waals surface area contributed by atoms with Gasteiger partial charge in [-0.2, -0.15) is 0 Å². The number of nitrogens with zero attached hydrogens (tertiary/aromatic N) is 1. The number of aryl methyl sites for hydroxylation is 1. The third-order valence-electron chi connectivity index (χ3n) is 4.01. The largest absolute Gasteiger partial charge is 0.488 e. The molecule has 3 nitrogen and oxygen atoms in total. The van der Waals surface area contributed by atoms with Crippen molar-refractivity contribution < 1.29 is 4.74 Å². The summed E-state index contributed by atoms with van der Waals surface area (Å²) in [6.45, 7) is 4.70. The number of thiazole rings is 1. The Morgan fingerprint density at radius 3 is 2.60 bits per heavy atom. The molecule has 3 rings (SSSR count). The maximum atomic E-state index is 6.11. The topological polar surface area (TPSA) is 48.1 Å². The third-order valence-corrected chi connectivity index (χ3v) is 5.05. The van der Waals surface area contributed by atoms with Gasteiger partial charge in [0, 0.05) is 10.9 Å². The summed E-state index contributed by atoms with van der Waals surface area (Å²) in [6, 6.07) is 16.6. The molecule has 0 fully saturated rings. The Labute approximate surface area is 153 Å². The van der Waals surface area contributed by atoms with Gasteiger partial charge in [-0.1, -0.05) is 49.7 Å². The summed E-state index contributed by atoms with van der Waals surface area (Å²) in [6.07, 6.45) is 2.17. The molecule has 2 N–H and O–H groups in total. The van der Waals surface area contributed by atoms with Crippen molar-refractivity contribution in [2.75, 3.05) is 0 Å². The standard InChI is InChI=1S/C21H24N2OS/c1-3-7-16-10-11-20(24-13-17-8-5-4-6-9-17)18(12-16)19-14-25-21(23-19)15(2)22/h4-6,8-12,14-15H,3,7,13,22H2,1-2H3. The van der Waals surface area contributed by atoms with Crippen LogP contribution in [0.3, 0.4) is 0 Å². The van der Waals surface area contributed by atoms with Crippen LogP contribution in [-0.2, 0) is 13.0 Å². The van der Waals surface area contributed by atoms with Crippen molar-refractivity contribution in [3.8, 4) is 17.0 Å². The fourth-order valence-electron chi connectivity index (χ4n) is 2.70. The summed E-state index contributed by atoms with van der Waals surface area (Å²) in [5.41, 5.74) is 10.4. The zero-order valence-electron chi connectivity index (χ0n) is 14.7. The molecule has 0 spiro atoms. The molecule has 3 aromatic rings. The molecule has 4 heteroatoms. The van der Waals surface area contributed by atoms with E-state index in [9.17, 15) is 0 Å².